The van der Waals surface area contributed by atoms with Crippen molar-refractivity contribution in [1.82, 2.24) is 0 Å². The van der Waals surface area contributed by atoms with E-state index >= 15 is 0 Å². The summed E-state index contributed by atoms with van der Waals surface area (Å²) in [6, 6.07) is 16.8. The number of benzene rings is 3. The molecule has 2 aliphatic rings. The van der Waals surface area contributed by atoms with Gasteiger partial charge >= 0.3 is 17.9 Å². The highest BCUT2D eigenvalue weighted by atomic mass is 17.2. The van der Waals surface area contributed by atoms with E-state index in [4.69, 9.17) is 29.0 Å². The number of hydrogen-bond acceptors (Lipinski definition) is 9. The molecule has 0 fully saturated rings. The molecule has 5 rings (SSSR count). The van der Waals surface area contributed by atoms with Gasteiger partial charge in [-0.1, -0.05) is 96.3 Å². The molecule has 0 aromatic heterocycles. The summed E-state index contributed by atoms with van der Waals surface area (Å²) in [5.41, 5.74) is 0.463. The first-order valence-electron chi connectivity index (χ1n) is 17.7. The second kappa shape index (κ2) is 16.5. The molecule has 0 saturated heterocycles. The quantitative estimate of drug-likeness (QED) is 0.0565. The Morgan fingerprint density at radius 3 is 1.92 bits per heavy atom. The maximum atomic E-state index is 13.2. The molecule has 9 heteroatoms. The van der Waals surface area contributed by atoms with Crippen molar-refractivity contribution in [2.45, 2.75) is 116 Å². The largest absolute Gasteiger partial charge is 0.456 e. The smallest absolute Gasteiger partial charge is 0.373 e. The highest BCUT2D eigenvalue weighted by Gasteiger charge is 2.53. The Balaban J connectivity index is 1.33. The normalized spacial score (nSPS) is 16.0. The molecule has 1 spiro atoms. The first-order chi connectivity index (χ1) is 23.7. The van der Waals surface area contributed by atoms with Crippen molar-refractivity contribution in [2.24, 2.45) is 0 Å². The van der Waals surface area contributed by atoms with Gasteiger partial charge in [-0.25, -0.2) is 14.4 Å². The van der Waals surface area contributed by atoms with Crippen LogP contribution in [0.3, 0.4) is 0 Å². The number of hydrogen-bond donors (Lipinski definition) is 0. The number of rotatable bonds is 18. The molecule has 0 N–H and O–H groups in total. The molecule has 2 heterocycles. The van der Waals surface area contributed by atoms with Crippen LogP contribution in [0.25, 0.3) is 0 Å². The van der Waals surface area contributed by atoms with E-state index < -0.39 is 29.1 Å². The fraction of sp³-hybridized carbons (Fsp3) is 0.475. The number of esters is 1. The van der Waals surface area contributed by atoms with Crippen LogP contribution in [0.5, 0.6) is 11.5 Å². The summed E-state index contributed by atoms with van der Waals surface area (Å²) in [6.45, 7) is 8.40. The zero-order valence-corrected chi connectivity index (χ0v) is 29.1. The van der Waals surface area contributed by atoms with Gasteiger partial charge < -0.3 is 9.47 Å². The van der Waals surface area contributed by atoms with Gasteiger partial charge in [0.1, 0.15) is 17.1 Å². The highest BCUT2D eigenvalue weighted by molar-refractivity contribution is 5.98. The van der Waals surface area contributed by atoms with Crippen LogP contribution in [0.15, 0.2) is 60.7 Å². The fourth-order valence-electron chi connectivity index (χ4n) is 6.41. The van der Waals surface area contributed by atoms with E-state index in [0.29, 0.717) is 28.9 Å². The van der Waals surface area contributed by atoms with Crippen LogP contribution in [0.2, 0.25) is 0 Å². The summed E-state index contributed by atoms with van der Waals surface area (Å²) < 4.78 is 12.5. The molecule has 0 aliphatic carbocycles. The van der Waals surface area contributed by atoms with Crippen molar-refractivity contribution in [2.75, 3.05) is 6.61 Å². The van der Waals surface area contributed by atoms with E-state index in [1.807, 2.05) is 26.0 Å². The van der Waals surface area contributed by atoms with E-state index in [9.17, 15) is 14.4 Å². The van der Waals surface area contributed by atoms with Gasteiger partial charge in [0, 0.05) is 16.7 Å². The van der Waals surface area contributed by atoms with Crippen LogP contribution in [0, 0.1) is 0 Å². The Labute approximate surface area is 289 Å². The minimum absolute atomic E-state index is 0.184. The molecule has 1 atom stereocenters. The Morgan fingerprint density at radius 2 is 1.27 bits per heavy atom. The Bertz CT molecular complexity index is 1630. The van der Waals surface area contributed by atoms with Crippen LogP contribution in [-0.2, 0) is 29.9 Å². The first kappa shape index (κ1) is 36.1. The second-order valence-corrected chi connectivity index (χ2v) is 13.5. The van der Waals surface area contributed by atoms with Gasteiger partial charge in [-0.15, -0.1) is 0 Å². The molecule has 3 aromatic carbocycles. The predicted molar refractivity (Wildman–Crippen MR) is 183 cm³/mol. The molecular weight excluding hydrogens is 624 g/mol. The minimum atomic E-state index is -1.37. The average molecular weight is 673 g/mol. The molecule has 3 aromatic rings. The number of fused-ring (bicyclic) bond motifs is 6. The topological polar surface area (TPSA) is 107 Å². The molecule has 262 valence electrons. The van der Waals surface area contributed by atoms with Crippen LogP contribution in [0.4, 0.5) is 0 Å². The molecule has 0 amide bonds. The van der Waals surface area contributed by atoms with Crippen molar-refractivity contribution in [3.63, 3.8) is 0 Å². The summed E-state index contributed by atoms with van der Waals surface area (Å²) in [4.78, 5) is 60.5. The average Bonchev–Trinajstić information content (AvgIpc) is 3.39. The molecule has 1 unspecified atom stereocenters. The lowest BCUT2D eigenvalue weighted by Gasteiger charge is -2.36. The van der Waals surface area contributed by atoms with E-state index in [0.717, 1.165) is 44.9 Å². The lowest BCUT2D eigenvalue weighted by atomic mass is 9.77. The van der Waals surface area contributed by atoms with Gasteiger partial charge in [0.05, 0.1) is 23.3 Å². The van der Waals surface area contributed by atoms with Gasteiger partial charge in [0.2, 0.25) is 0 Å². The van der Waals surface area contributed by atoms with Crippen molar-refractivity contribution in [1.29, 1.82) is 0 Å². The monoisotopic (exact) mass is 672 g/mol. The summed E-state index contributed by atoms with van der Waals surface area (Å²) in [5, 5.41) is 0. The van der Waals surface area contributed by atoms with E-state index in [1.54, 1.807) is 36.4 Å². The van der Waals surface area contributed by atoms with Crippen LogP contribution in [0.1, 0.15) is 153 Å². The van der Waals surface area contributed by atoms with Gasteiger partial charge in [-0.3, -0.25) is 9.78 Å². The standard InChI is InChI=1S/C40H48O9/c1-5-7-9-10-11-12-13-17-25-44-47-36(41)28-20-22-32-34(26-28)45-35-27-29(37(42)48-49-39(3,4)24-16-8-6-2)21-23-33(35)40(32)31-19-15-14-18-30(31)38(43)46-40/h14-15,18-23,26-27H,5-13,16-17,24-25H2,1-4H3. The molecule has 0 radical (unpaired) electrons. The first-order valence-corrected chi connectivity index (χ1v) is 17.7. The summed E-state index contributed by atoms with van der Waals surface area (Å²) in [6.07, 6.45) is 13.0. The number of unbranched alkanes of at least 4 members (excludes halogenated alkanes) is 9. The SMILES string of the molecule is CCCCCCCCCCOOC(=O)c1ccc2c(c1)Oc1cc(C(=O)OOC(C)(C)CCCCC)ccc1C21OC(=O)c2ccccc21. The number of carbonyl (C=O) groups is 3. The molecule has 49 heavy (non-hydrogen) atoms. The summed E-state index contributed by atoms with van der Waals surface area (Å²) in [7, 11) is 0. The van der Waals surface area contributed by atoms with E-state index in [1.165, 1.54) is 44.2 Å². The summed E-state index contributed by atoms with van der Waals surface area (Å²) >= 11 is 0. The highest BCUT2D eigenvalue weighted by Crippen LogP contribution is 2.56. The van der Waals surface area contributed by atoms with Gasteiger partial charge in [0.15, 0.2) is 5.60 Å². The third-order valence-electron chi connectivity index (χ3n) is 9.13. The zero-order chi connectivity index (χ0) is 34.9. The maximum Gasteiger partial charge on any atom is 0.373 e. The van der Waals surface area contributed by atoms with Gasteiger partial charge in [-0.2, -0.15) is 9.78 Å². The molecule has 0 bridgehead atoms. The van der Waals surface area contributed by atoms with Crippen molar-refractivity contribution < 1.29 is 43.4 Å². The molecule has 2 aliphatic heterocycles. The van der Waals surface area contributed by atoms with Gasteiger partial charge in [-0.05, 0) is 69.2 Å². The third kappa shape index (κ3) is 8.33. The Morgan fingerprint density at radius 1 is 0.694 bits per heavy atom. The number of ether oxygens (including phenoxy) is 2. The molecular formula is C40H48O9. The van der Waals surface area contributed by atoms with Crippen LogP contribution in [-0.4, -0.2) is 30.1 Å². The third-order valence-corrected chi connectivity index (χ3v) is 9.13. The fourth-order valence-corrected chi connectivity index (χ4v) is 6.41. The van der Waals surface area contributed by atoms with E-state index in [-0.39, 0.29) is 22.6 Å². The van der Waals surface area contributed by atoms with Crippen molar-refractivity contribution >= 4 is 17.9 Å². The Hall–Kier alpha value is -4.21. The molecule has 0 saturated carbocycles. The van der Waals surface area contributed by atoms with Gasteiger partial charge in [0.25, 0.3) is 0 Å². The number of carbonyl (C=O) groups excluding carboxylic acids is 3. The summed E-state index contributed by atoms with van der Waals surface area (Å²) in [5.74, 6) is -1.32. The Kier molecular flexibility index (Phi) is 12.1. The lowest BCUT2D eigenvalue weighted by Crippen LogP contribution is -2.33. The van der Waals surface area contributed by atoms with Crippen molar-refractivity contribution in [3.8, 4) is 11.5 Å². The zero-order valence-electron chi connectivity index (χ0n) is 29.1. The lowest BCUT2D eigenvalue weighted by molar-refractivity contribution is -0.308. The van der Waals surface area contributed by atoms with E-state index in [2.05, 4.69) is 13.8 Å². The minimum Gasteiger partial charge on any atom is -0.456 e. The van der Waals surface area contributed by atoms with Crippen LogP contribution >= 0.6 is 0 Å². The van der Waals surface area contributed by atoms with Crippen LogP contribution < -0.4 is 4.74 Å². The predicted octanol–water partition coefficient (Wildman–Crippen LogP) is 9.93. The second-order valence-electron chi connectivity index (χ2n) is 13.5. The maximum absolute atomic E-state index is 13.2. The van der Waals surface area contributed by atoms with Crippen molar-refractivity contribution in [3.05, 3.63) is 94.0 Å². The molecule has 9 nitrogen and oxygen atoms in total.